The highest BCUT2D eigenvalue weighted by atomic mass is 35.5. The Labute approximate surface area is 120 Å². The van der Waals surface area contributed by atoms with E-state index in [1.54, 1.807) is 11.0 Å². The van der Waals surface area contributed by atoms with Crippen molar-refractivity contribution in [2.75, 3.05) is 19.0 Å². The summed E-state index contributed by atoms with van der Waals surface area (Å²) in [6.45, 7) is 0. The van der Waals surface area contributed by atoms with Crippen LogP contribution in [-0.2, 0) is 15.6 Å². The van der Waals surface area contributed by atoms with Crippen LogP contribution in [0.3, 0.4) is 0 Å². The fraction of sp³-hybridized carbons (Fsp3) is 0.300. The quantitative estimate of drug-likeness (QED) is 0.852. The molecule has 2 rings (SSSR count). The van der Waals surface area contributed by atoms with Gasteiger partial charge in [-0.15, -0.1) is 0 Å². The van der Waals surface area contributed by atoms with Gasteiger partial charge >= 0.3 is 0 Å². The second-order valence-corrected chi connectivity index (χ2v) is 6.98. The van der Waals surface area contributed by atoms with E-state index >= 15 is 0 Å². The van der Waals surface area contributed by atoms with Gasteiger partial charge in [-0.2, -0.15) is 4.37 Å². The van der Waals surface area contributed by atoms with E-state index in [2.05, 4.69) is 14.3 Å². The second kappa shape index (κ2) is 5.40. The summed E-state index contributed by atoms with van der Waals surface area (Å²) in [5.41, 5.74) is 0. The molecule has 19 heavy (non-hydrogen) atoms. The van der Waals surface area contributed by atoms with Gasteiger partial charge in [0, 0.05) is 31.8 Å². The molecule has 2 aromatic rings. The first-order valence-corrected chi connectivity index (χ1v) is 8.03. The molecule has 0 fully saturated rings. The van der Waals surface area contributed by atoms with Crippen LogP contribution < -0.4 is 4.90 Å². The van der Waals surface area contributed by atoms with Crippen molar-refractivity contribution in [1.29, 1.82) is 0 Å². The van der Waals surface area contributed by atoms with Gasteiger partial charge in [-0.1, -0.05) is 11.6 Å². The third-order valence-electron chi connectivity index (χ3n) is 2.18. The number of pyridine rings is 1. The van der Waals surface area contributed by atoms with E-state index in [1.165, 1.54) is 12.3 Å². The Bertz CT molecular complexity index is 684. The van der Waals surface area contributed by atoms with Crippen LogP contribution >= 0.6 is 23.1 Å². The SMILES string of the molecule is CN(C)c1nc(CS(=O)(=O)c2ncccc2Cl)ns1. The molecule has 2 heterocycles. The Morgan fingerprint density at radius 1 is 1.42 bits per heavy atom. The molecule has 0 radical (unpaired) electrons. The van der Waals surface area contributed by atoms with E-state index in [9.17, 15) is 8.42 Å². The first-order valence-electron chi connectivity index (χ1n) is 5.23. The minimum Gasteiger partial charge on any atom is -0.353 e. The van der Waals surface area contributed by atoms with Crippen LogP contribution in [0.25, 0.3) is 0 Å². The molecule has 0 spiro atoms. The predicted molar refractivity (Wildman–Crippen MR) is 74.4 cm³/mol. The van der Waals surface area contributed by atoms with Crippen molar-refractivity contribution in [3.63, 3.8) is 0 Å². The van der Waals surface area contributed by atoms with Gasteiger partial charge < -0.3 is 4.90 Å². The predicted octanol–water partition coefficient (Wildman–Crippen LogP) is 1.63. The van der Waals surface area contributed by atoms with Gasteiger partial charge in [-0.3, -0.25) is 0 Å². The first kappa shape index (κ1) is 14.2. The zero-order valence-corrected chi connectivity index (χ0v) is 12.6. The summed E-state index contributed by atoms with van der Waals surface area (Å²) in [7, 11) is -0.00847. The Hall–Kier alpha value is -1.25. The number of sulfone groups is 1. The molecule has 0 aliphatic rings. The van der Waals surface area contributed by atoms with Crippen molar-refractivity contribution in [1.82, 2.24) is 14.3 Å². The summed E-state index contributed by atoms with van der Waals surface area (Å²) in [5.74, 6) is -0.0657. The zero-order chi connectivity index (χ0) is 14.0. The number of aromatic nitrogens is 3. The smallest absolute Gasteiger partial charge is 0.204 e. The van der Waals surface area contributed by atoms with E-state index in [4.69, 9.17) is 11.6 Å². The lowest BCUT2D eigenvalue weighted by Crippen LogP contribution is -2.10. The molecule has 0 atom stereocenters. The molecule has 2 aromatic heterocycles. The van der Waals surface area contributed by atoms with Crippen LogP contribution in [0.5, 0.6) is 0 Å². The molecule has 0 saturated carbocycles. The maximum Gasteiger partial charge on any atom is 0.204 e. The van der Waals surface area contributed by atoms with Crippen molar-refractivity contribution < 1.29 is 8.42 Å². The fourth-order valence-corrected chi connectivity index (χ4v) is 3.67. The Kier molecular flexibility index (Phi) is 4.02. The maximum atomic E-state index is 12.2. The van der Waals surface area contributed by atoms with Crippen molar-refractivity contribution >= 4 is 38.1 Å². The molecule has 0 aliphatic carbocycles. The van der Waals surface area contributed by atoms with Gasteiger partial charge in [0.2, 0.25) is 15.0 Å². The fourth-order valence-electron chi connectivity index (χ4n) is 1.32. The molecule has 0 amide bonds. The van der Waals surface area contributed by atoms with Gasteiger partial charge in [-0.05, 0) is 12.1 Å². The van der Waals surface area contributed by atoms with Crippen molar-refractivity contribution in [3.8, 4) is 0 Å². The minimum absolute atomic E-state index is 0.102. The highest BCUT2D eigenvalue weighted by Crippen LogP contribution is 2.22. The summed E-state index contributed by atoms with van der Waals surface area (Å²) < 4.78 is 28.3. The summed E-state index contributed by atoms with van der Waals surface area (Å²) in [5, 5.41) is 0.612. The number of nitrogens with zero attached hydrogens (tertiary/aromatic N) is 4. The molecule has 0 N–H and O–H groups in total. The molecule has 9 heteroatoms. The van der Waals surface area contributed by atoms with Crippen LogP contribution in [-0.4, -0.2) is 36.9 Å². The third-order valence-corrected chi connectivity index (χ3v) is 5.07. The van der Waals surface area contributed by atoms with E-state index in [0.29, 0.717) is 5.13 Å². The topological polar surface area (TPSA) is 76.1 Å². The third kappa shape index (κ3) is 3.20. The Balaban J connectivity index is 2.29. The average Bonchev–Trinajstić information content (AvgIpc) is 2.77. The summed E-state index contributed by atoms with van der Waals surface area (Å²) in [4.78, 5) is 9.70. The van der Waals surface area contributed by atoms with Crippen molar-refractivity contribution in [3.05, 3.63) is 29.2 Å². The monoisotopic (exact) mass is 318 g/mol. The van der Waals surface area contributed by atoms with Crippen LogP contribution in [0.1, 0.15) is 5.82 Å². The van der Waals surface area contributed by atoms with Crippen molar-refractivity contribution in [2.45, 2.75) is 10.8 Å². The minimum atomic E-state index is -3.64. The van der Waals surface area contributed by atoms with Gasteiger partial charge in [0.05, 0.1) is 5.02 Å². The Morgan fingerprint density at radius 3 is 2.74 bits per heavy atom. The number of anilines is 1. The molecule has 0 aromatic carbocycles. The molecule has 0 saturated heterocycles. The lowest BCUT2D eigenvalue weighted by atomic mass is 10.5. The highest BCUT2D eigenvalue weighted by molar-refractivity contribution is 7.90. The largest absolute Gasteiger partial charge is 0.353 e. The van der Waals surface area contributed by atoms with Crippen LogP contribution in [0, 0.1) is 0 Å². The number of hydrogen-bond acceptors (Lipinski definition) is 7. The number of hydrogen-bond donors (Lipinski definition) is 0. The lowest BCUT2D eigenvalue weighted by molar-refractivity contribution is 0.590. The average molecular weight is 319 g/mol. The van der Waals surface area contributed by atoms with E-state index in [1.807, 2.05) is 14.1 Å². The zero-order valence-electron chi connectivity index (χ0n) is 10.2. The lowest BCUT2D eigenvalue weighted by Gasteiger charge is -2.04. The normalized spacial score (nSPS) is 11.5. The maximum absolute atomic E-state index is 12.2. The number of rotatable bonds is 4. The molecule has 0 unspecified atom stereocenters. The van der Waals surface area contributed by atoms with Crippen LogP contribution in [0.2, 0.25) is 5.02 Å². The standard InChI is InChI=1S/C10H11ClN4O2S2/c1-15(2)10-13-8(14-18-10)6-19(16,17)9-7(11)4-3-5-12-9/h3-5H,6H2,1-2H3. The summed E-state index contributed by atoms with van der Waals surface area (Å²) >= 11 is 6.99. The molecular weight excluding hydrogens is 308 g/mol. The molecule has 0 aliphatic heterocycles. The van der Waals surface area contributed by atoms with E-state index < -0.39 is 9.84 Å². The molecule has 6 nitrogen and oxygen atoms in total. The summed E-state index contributed by atoms with van der Waals surface area (Å²) in [6, 6.07) is 3.06. The van der Waals surface area contributed by atoms with E-state index in [-0.39, 0.29) is 21.6 Å². The first-order chi connectivity index (χ1) is 8.90. The molecular formula is C10H11ClN4O2S2. The van der Waals surface area contributed by atoms with Gasteiger partial charge in [-0.25, -0.2) is 18.4 Å². The van der Waals surface area contributed by atoms with Crippen LogP contribution in [0.15, 0.2) is 23.4 Å². The second-order valence-electron chi connectivity index (χ2n) is 3.94. The van der Waals surface area contributed by atoms with Gasteiger partial charge in [0.1, 0.15) is 5.75 Å². The van der Waals surface area contributed by atoms with E-state index in [0.717, 1.165) is 11.5 Å². The van der Waals surface area contributed by atoms with Gasteiger partial charge in [0.15, 0.2) is 10.9 Å². The summed E-state index contributed by atoms with van der Waals surface area (Å²) in [6.07, 6.45) is 1.39. The Morgan fingerprint density at radius 2 is 2.16 bits per heavy atom. The van der Waals surface area contributed by atoms with Crippen molar-refractivity contribution in [2.24, 2.45) is 0 Å². The highest BCUT2D eigenvalue weighted by Gasteiger charge is 2.22. The molecule has 102 valence electrons. The van der Waals surface area contributed by atoms with Crippen LogP contribution in [0.4, 0.5) is 5.13 Å². The number of halogens is 1. The molecule has 0 bridgehead atoms. The van der Waals surface area contributed by atoms with Gasteiger partial charge in [0.25, 0.3) is 0 Å².